The van der Waals surface area contributed by atoms with Crippen molar-refractivity contribution in [3.05, 3.63) is 0 Å². The average Bonchev–Trinajstić information content (AvgIpc) is 3.16. The normalized spacial score (nSPS) is 8.71. The van der Waals surface area contributed by atoms with Crippen LogP contribution in [0.5, 0.6) is 0 Å². The molecule has 0 aromatic rings. The van der Waals surface area contributed by atoms with Gasteiger partial charge in [0.05, 0.1) is 67.9 Å². The molecule has 0 aromatic heterocycles. The summed E-state index contributed by atoms with van der Waals surface area (Å²) in [6.45, 7) is 15.0. The standard InChI is InChI=1S/C3H9O2P.C3H6O.C2H7NO3S.2C2H6O3S.C2H6O2S.C2H6OS.2C2H6.2CH5NO2S.6CH5N.CH4/c1-4-5-6(2)3;1-3(2)4;1-3(4)7(2,5)6;2*1-5-6(2,3)4;1-5(2,3)4;1-3-4-2;2*1-2;2*1-5(2,3)4;6*1-2;/h1-3H3;1-2H3;4H,1-2H3;2*1-2H3;1-2H3;1-2H3;2*1-2H3;2*1H3,(H2,2,3,4);6*2H2,1H3;1H4. The number of Topliss-reactive ketones (excluding diaryl/α,β-unsaturated/α-hetero) is 1. The van der Waals surface area contributed by atoms with E-state index >= 15 is 0 Å². The Morgan fingerprint density at radius 2 is 0.631 bits per heavy atom. The molecule has 0 atom stereocenters. The van der Waals surface area contributed by atoms with Crippen LogP contribution in [0, 0.1) is 0 Å². The lowest BCUT2D eigenvalue weighted by Gasteiger charge is -2.00. The molecule has 0 aromatic carbocycles. The molecule has 0 aliphatic rings. The Labute approximate surface area is 405 Å². The highest BCUT2D eigenvalue weighted by Gasteiger charge is 2.03. The van der Waals surface area contributed by atoms with Crippen LogP contribution in [-0.2, 0) is 87.0 Å². The van der Waals surface area contributed by atoms with E-state index in [0.717, 1.165) is 65.1 Å². The third-order valence-electron chi connectivity index (χ3n) is 1.48. The summed E-state index contributed by atoms with van der Waals surface area (Å²) in [5.74, 6) is 0.167. The fourth-order valence-corrected chi connectivity index (χ4v) is 0.447. The molecule has 0 bridgehead atoms. The highest BCUT2D eigenvalue weighted by molar-refractivity contribution is 7.93. The van der Waals surface area contributed by atoms with Crippen LogP contribution in [0.4, 0.5) is 0 Å². The van der Waals surface area contributed by atoms with Crippen LogP contribution in [0.3, 0.4) is 0 Å². The minimum absolute atomic E-state index is 0. The third-order valence-corrected chi connectivity index (χ3v) is 4.43. The summed E-state index contributed by atoms with van der Waals surface area (Å²) in [5.41, 5.74) is 27.0. The number of ketones is 1. The molecule has 0 unspecified atom stereocenters. The first-order valence-electron chi connectivity index (χ1n) is 16.6. The molecule has 0 fully saturated rings. The van der Waals surface area contributed by atoms with E-state index < -0.39 is 60.1 Å². The molecule has 0 spiro atoms. The predicted octanol–water partition coefficient (Wildman–Crippen LogP) is -1.21. The molecule has 0 rings (SSSR count). The number of nitrogens with zero attached hydrogens (tertiary/aromatic N) is 1. The maximum absolute atomic E-state index is 10.0. The van der Waals surface area contributed by atoms with Crippen molar-refractivity contribution in [1.29, 1.82) is 0 Å². The average molecular weight is 1140 g/mol. The Morgan fingerprint density at radius 1 is 0.538 bits per heavy atom. The maximum atomic E-state index is 10.0. The lowest BCUT2D eigenvalue weighted by atomic mass is 10.6. The summed E-state index contributed by atoms with van der Waals surface area (Å²) >= 11 is 1.36. The number of hydrogen-bond acceptors (Lipinski definition) is 26. The van der Waals surface area contributed by atoms with Crippen molar-refractivity contribution in [1.82, 2.24) is 4.47 Å². The molecule has 0 radical (unpaired) electrons. The predicted molar refractivity (Wildman–Crippen MR) is 281 cm³/mol. The molecule has 0 saturated heterocycles. The van der Waals surface area contributed by atoms with Crippen LogP contribution in [0.25, 0.3) is 0 Å². The van der Waals surface area contributed by atoms with Gasteiger partial charge in [0.1, 0.15) is 15.6 Å². The van der Waals surface area contributed by atoms with Gasteiger partial charge in [-0.3, -0.25) is 13.6 Å². The number of carbonyl (C=O) groups excluding carboxylic acids is 1. The van der Waals surface area contributed by atoms with E-state index in [1.165, 1.54) is 75.3 Å². The molecule has 0 aliphatic carbocycles. The number of carbonyl (C=O) groups is 1. The van der Waals surface area contributed by atoms with E-state index in [1.807, 2.05) is 47.3 Å². The van der Waals surface area contributed by atoms with Crippen molar-refractivity contribution in [2.45, 2.75) is 49.0 Å². The van der Waals surface area contributed by atoms with Gasteiger partial charge in [0.2, 0.25) is 30.1 Å². The van der Waals surface area contributed by atoms with Crippen LogP contribution in [0.1, 0.15) is 49.0 Å². The first-order chi connectivity index (χ1) is 28.5. The minimum atomic E-state index is -3.35. The van der Waals surface area contributed by atoms with Gasteiger partial charge >= 0.3 is 0 Å². The van der Waals surface area contributed by atoms with Crippen LogP contribution >= 0.6 is 20.2 Å². The van der Waals surface area contributed by atoms with Crippen molar-refractivity contribution in [2.75, 3.05) is 141 Å². The Bertz CT molecular complexity index is 1280. The largest absolute Gasteiger partial charge is 0.333 e. The zero-order valence-electron chi connectivity index (χ0n) is 43.7. The summed E-state index contributed by atoms with van der Waals surface area (Å²) in [4.78, 5) is 13.8. The van der Waals surface area contributed by atoms with Gasteiger partial charge in [0.25, 0.3) is 20.2 Å². The van der Waals surface area contributed by atoms with Gasteiger partial charge in [-0.05, 0) is 81.5 Å². The quantitative estimate of drug-likeness (QED) is 0.0495. The second-order valence-electron chi connectivity index (χ2n) is 8.04. The van der Waals surface area contributed by atoms with Gasteiger partial charge in [-0.15, -0.1) is 0 Å². The molecule has 36 heteroatoms. The zero-order chi connectivity index (χ0) is 58.0. The fraction of sp³-hybridized carbons (Fsp3) is 0.966. The Hall–Kier alpha value is -0.450. The Balaban J connectivity index is -0.0000000230. The van der Waals surface area contributed by atoms with Crippen molar-refractivity contribution in [3.63, 3.8) is 0 Å². The van der Waals surface area contributed by atoms with Gasteiger partial charge < -0.3 is 43.4 Å². The first-order valence-corrected chi connectivity index (χ1v) is 31.6. The second kappa shape index (κ2) is 97.3. The van der Waals surface area contributed by atoms with E-state index in [4.69, 9.17) is 5.21 Å². The van der Waals surface area contributed by atoms with E-state index in [9.17, 15) is 55.3 Å². The number of sulfonamides is 3. The number of primary sulfonamides is 2. The number of rotatable bonds is 6. The first kappa shape index (κ1) is 120. The van der Waals surface area contributed by atoms with E-state index in [2.05, 4.69) is 66.8 Å². The van der Waals surface area contributed by atoms with E-state index in [1.54, 1.807) is 7.11 Å². The van der Waals surface area contributed by atoms with Crippen molar-refractivity contribution in [2.24, 2.45) is 44.7 Å². The number of nitrogens with two attached hydrogens (primary N) is 8. The third kappa shape index (κ3) is 996. The SMILES string of the molecule is C.CC.CC.CC(C)=O.CN.CN.CN.CN.CN.CN.CN(O)S(C)(=O)=O.COOP(C)C.COS(C)(=O)=O.COS(C)(=O)=O.COSC.CS(C)(=O)=O.CS(N)(=O)=O.CS(N)(=O)=O. The summed E-state index contributed by atoms with van der Waals surface area (Å²) in [7, 11) is -3.55. The molecular formula is C29H102N9O19PS7. The molecule has 17 N–H and O–H groups in total. The van der Waals surface area contributed by atoms with Crippen LogP contribution in [-0.4, -0.2) is 207 Å². The van der Waals surface area contributed by atoms with Crippen LogP contribution in [0.15, 0.2) is 0 Å². The lowest BCUT2D eigenvalue weighted by Crippen LogP contribution is -2.20. The van der Waals surface area contributed by atoms with Gasteiger partial charge in [0, 0.05) is 25.8 Å². The molecule has 424 valence electrons. The smallest absolute Gasteiger partial charge is 0.264 e. The molecule has 65 heavy (non-hydrogen) atoms. The zero-order valence-corrected chi connectivity index (χ0v) is 50.3. The van der Waals surface area contributed by atoms with Crippen molar-refractivity contribution < 1.29 is 82.6 Å². The number of hydroxylamine groups is 1. The highest BCUT2D eigenvalue weighted by Crippen LogP contribution is 2.24. The number of hydrogen-bond donors (Lipinski definition) is 9. The highest BCUT2D eigenvalue weighted by atomic mass is 32.2. The van der Waals surface area contributed by atoms with Crippen molar-refractivity contribution in [3.8, 4) is 0 Å². The second-order valence-corrected chi connectivity index (χ2v) is 21.6. The lowest BCUT2D eigenvalue weighted by molar-refractivity contribution is -0.168. The van der Waals surface area contributed by atoms with E-state index in [-0.39, 0.29) is 25.8 Å². The molecule has 0 aliphatic heterocycles. The van der Waals surface area contributed by atoms with Crippen molar-refractivity contribution >= 4 is 86.1 Å². The van der Waals surface area contributed by atoms with Gasteiger partial charge in [-0.25, -0.2) is 53.5 Å². The molecule has 0 heterocycles. The molecular weight excluding hydrogens is 1030 g/mol. The summed E-state index contributed by atoms with van der Waals surface area (Å²) < 4.78 is 133. The summed E-state index contributed by atoms with van der Waals surface area (Å²) in [5, 5.41) is 16.8. The molecule has 0 saturated carbocycles. The summed E-state index contributed by atoms with van der Waals surface area (Å²) in [6.07, 6.45) is 8.97. The van der Waals surface area contributed by atoms with Gasteiger partial charge in [0.15, 0.2) is 0 Å². The monoisotopic (exact) mass is 1140 g/mol. The topological polar surface area (TPSA) is 500 Å². The van der Waals surface area contributed by atoms with Crippen LogP contribution in [0.2, 0.25) is 0 Å². The summed E-state index contributed by atoms with van der Waals surface area (Å²) in [6, 6.07) is 0. The van der Waals surface area contributed by atoms with E-state index in [0.29, 0.717) is 0 Å². The fourth-order valence-electron chi connectivity index (χ4n) is 0.149. The molecule has 0 amide bonds. The number of sulfone groups is 1. The van der Waals surface area contributed by atoms with Crippen LogP contribution < -0.4 is 44.7 Å². The molecule has 28 nitrogen and oxygen atoms in total. The Kier molecular flexibility index (Phi) is 180. The van der Waals surface area contributed by atoms with Gasteiger partial charge in [-0.2, -0.15) is 16.8 Å². The Morgan fingerprint density at radius 3 is 0.631 bits per heavy atom. The minimum Gasteiger partial charge on any atom is -0.333 e. The van der Waals surface area contributed by atoms with Gasteiger partial charge in [-0.1, -0.05) is 39.6 Å². The maximum Gasteiger partial charge on any atom is 0.264 e.